The molecule has 0 fully saturated rings. The van der Waals surface area contributed by atoms with Gasteiger partial charge in [-0.2, -0.15) is 10.4 Å². The molecule has 2 heterocycles. The van der Waals surface area contributed by atoms with Crippen LogP contribution in [0.2, 0.25) is 5.02 Å². The molecule has 0 amide bonds. The highest BCUT2D eigenvalue weighted by molar-refractivity contribution is 6.32. The molecule has 0 aliphatic rings. The van der Waals surface area contributed by atoms with Crippen molar-refractivity contribution in [1.82, 2.24) is 15.2 Å². The molecule has 2 aromatic heterocycles. The van der Waals surface area contributed by atoms with E-state index >= 15 is 0 Å². The number of halogens is 1. The molecular formula is C19H15ClN4O2. The van der Waals surface area contributed by atoms with Crippen molar-refractivity contribution in [2.75, 3.05) is 0 Å². The van der Waals surface area contributed by atoms with Gasteiger partial charge in [0.2, 0.25) is 5.88 Å². The van der Waals surface area contributed by atoms with E-state index in [-0.39, 0.29) is 11.3 Å². The third-order valence-electron chi connectivity index (χ3n) is 3.70. The fraction of sp³-hybridized carbons (Fsp3) is 0.158. The van der Waals surface area contributed by atoms with Crippen molar-refractivity contribution in [2.24, 2.45) is 0 Å². The number of hydrogen-bond acceptors (Lipinski definition) is 5. The zero-order chi connectivity index (χ0) is 18.7. The Morgan fingerprint density at radius 1 is 1.23 bits per heavy atom. The molecule has 130 valence electrons. The van der Waals surface area contributed by atoms with Crippen LogP contribution in [0.25, 0.3) is 0 Å². The summed E-state index contributed by atoms with van der Waals surface area (Å²) in [5.74, 6) is 0.742. The van der Waals surface area contributed by atoms with Gasteiger partial charge in [0.05, 0.1) is 10.7 Å². The van der Waals surface area contributed by atoms with Gasteiger partial charge < -0.3 is 4.74 Å². The van der Waals surface area contributed by atoms with Gasteiger partial charge in [-0.15, -0.1) is 0 Å². The Morgan fingerprint density at radius 2 is 2.04 bits per heavy atom. The van der Waals surface area contributed by atoms with E-state index in [4.69, 9.17) is 21.6 Å². The van der Waals surface area contributed by atoms with E-state index in [1.165, 1.54) is 0 Å². The summed E-state index contributed by atoms with van der Waals surface area (Å²) in [5.41, 5.74) is 3.19. The molecule has 1 aromatic carbocycles. The van der Waals surface area contributed by atoms with E-state index in [1.54, 1.807) is 37.3 Å². The van der Waals surface area contributed by atoms with Crippen molar-refractivity contribution in [1.29, 1.82) is 5.26 Å². The Bertz CT molecular complexity index is 1070. The number of nitrogens with zero attached hydrogens (tertiary/aromatic N) is 3. The van der Waals surface area contributed by atoms with Gasteiger partial charge in [0.25, 0.3) is 5.56 Å². The summed E-state index contributed by atoms with van der Waals surface area (Å²) < 4.78 is 5.78. The maximum Gasteiger partial charge on any atom is 0.267 e. The lowest BCUT2D eigenvalue weighted by atomic mass is 10.1. The fourth-order valence-electron chi connectivity index (χ4n) is 2.45. The van der Waals surface area contributed by atoms with Crippen LogP contribution in [0.4, 0.5) is 0 Å². The summed E-state index contributed by atoms with van der Waals surface area (Å²) >= 11 is 6.23. The molecule has 0 radical (unpaired) electrons. The summed E-state index contributed by atoms with van der Waals surface area (Å²) in [6.45, 7) is 3.59. The monoisotopic (exact) mass is 366 g/mol. The molecule has 0 unspecified atom stereocenters. The lowest BCUT2D eigenvalue weighted by Gasteiger charge is -2.10. The molecule has 0 spiro atoms. The van der Waals surface area contributed by atoms with Crippen LogP contribution in [0, 0.1) is 25.2 Å². The molecule has 0 atom stereocenters. The lowest BCUT2D eigenvalue weighted by molar-refractivity contribution is 0.461. The Kier molecular flexibility index (Phi) is 5.01. The van der Waals surface area contributed by atoms with Crippen LogP contribution >= 0.6 is 11.6 Å². The third-order valence-corrected chi connectivity index (χ3v) is 4.01. The average Bonchev–Trinajstić information content (AvgIpc) is 2.60. The highest BCUT2D eigenvalue weighted by Crippen LogP contribution is 2.30. The highest BCUT2D eigenvalue weighted by Gasteiger charge is 2.09. The summed E-state index contributed by atoms with van der Waals surface area (Å²) in [7, 11) is 0. The molecule has 3 rings (SSSR count). The smallest absolute Gasteiger partial charge is 0.267 e. The number of nitriles is 1. The first kappa shape index (κ1) is 17.6. The lowest BCUT2D eigenvalue weighted by Crippen LogP contribution is -2.12. The number of pyridine rings is 1. The van der Waals surface area contributed by atoms with Crippen LogP contribution < -0.4 is 10.3 Å². The van der Waals surface area contributed by atoms with E-state index in [0.29, 0.717) is 28.6 Å². The number of hydrogen-bond donors (Lipinski definition) is 1. The third kappa shape index (κ3) is 4.08. The van der Waals surface area contributed by atoms with Gasteiger partial charge in [-0.25, -0.2) is 10.1 Å². The van der Waals surface area contributed by atoms with Gasteiger partial charge in [-0.1, -0.05) is 17.7 Å². The fourth-order valence-corrected chi connectivity index (χ4v) is 2.61. The van der Waals surface area contributed by atoms with E-state index in [2.05, 4.69) is 15.2 Å². The van der Waals surface area contributed by atoms with Gasteiger partial charge in [0.15, 0.2) is 0 Å². The van der Waals surface area contributed by atoms with Crippen LogP contribution in [-0.4, -0.2) is 15.2 Å². The Balaban J connectivity index is 1.88. The zero-order valence-electron chi connectivity index (χ0n) is 14.2. The number of nitrogens with one attached hydrogen (secondary N) is 1. The Morgan fingerprint density at radius 3 is 2.77 bits per heavy atom. The van der Waals surface area contributed by atoms with Crippen LogP contribution in [0.1, 0.15) is 28.1 Å². The second kappa shape index (κ2) is 7.38. The van der Waals surface area contributed by atoms with E-state index in [1.807, 2.05) is 19.1 Å². The molecule has 0 bridgehead atoms. The molecule has 26 heavy (non-hydrogen) atoms. The molecule has 0 saturated carbocycles. The number of ether oxygens (including phenoxy) is 1. The van der Waals surface area contributed by atoms with Crippen LogP contribution in [0.3, 0.4) is 0 Å². The summed E-state index contributed by atoms with van der Waals surface area (Å²) in [5, 5.41) is 16.0. The molecule has 6 nitrogen and oxygen atoms in total. The van der Waals surface area contributed by atoms with Gasteiger partial charge in [0.1, 0.15) is 17.5 Å². The van der Waals surface area contributed by atoms with Crippen molar-refractivity contribution >= 4 is 11.6 Å². The second-order valence-corrected chi connectivity index (χ2v) is 6.30. The van der Waals surface area contributed by atoms with E-state index in [9.17, 15) is 4.79 Å². The average molecular weight is 367 g/mol. The number of rotatable bonds is 4. The van der Waals surface area contributed by atoms with Crippen molar-refractivity contribution in [3.63, 3.8) is 0 Å². The van der Waals surface area contributed by atoms with Crippen LogP contribution in [-0.2, 0) is 6.42 Å². The number of aryl methyl sites for hydroxylation is 2. The maximum absolute atomic E-state index is 11.4. The van der Waals surface area contributed by atoms with Crippen molar-refractivity contribution in [2.45, 2.75) is 20.3 Å². The maximum atomic E-state index is 11.4. The quantitative estimate of drug-likeness (QED) is 0.760. The predicted molar refractivity (Wildman–Crippen MR) is 97.6 cm³/mol. The SMILES string of the molecule is Cc1cc(C#N)nc(Oc2cc(Cc3cc(C)c(=O)[nH]n3)ccc2Cl)c1. The number of aromatic amines is 1. The van der Waals surface area contributed by atoms with Gasteiger partial charge >= 0.3 is 0 Å². The standard InChI is InChI=1S/C19H15ClN4O2/c1-11-5-15(10-21)22-18(6-11)26-17-9-13(3-4-16(17)20)8-14-7-12(2)19(25)24-23-14/h3-7,9H,8H2,1-2H3,(H,24,25). The highest BCUT2D eigenvalue weighted by atomic mass is 35.5. The molecular weight excluding hydrogens is 352 g/mol. The number of benzene rings is 1. The summed E-state index contributed by atoms with van der Waals surface area (Å²) in [6.07, 6.45) is 0.510. The van der Waals surface area contributed by atoms with Crippen LogP contribution in [0.5, 0.6) is 11.6 Å². The van der Waals surface area contributed by atoms with Crippen molar-refractivity contribution < 1.29 is 4.74 Å². The summed E-state index contributed by atoms with van der Waals surface area (Å²) in [6, 6.07) is 12.5. The van der Waals surface area contributed by atoms with Crippen molar-refractivity contribution in [3.05, 3.63) is 79.9 Å². The van der Waals surface area contributed by atoms with E-state index < -0.39 is 0 Å². The first-order valence-electron chi connectivity index (χ1n) is 7.85. The minimum absolute atomic E-state index is 0.201. The normalized spacial score (nSPS) is 10.4. The zero-order valence-corrected chi connectivity index (χ0v) is 15.0. The van der Waals surface area contributed by atoms with E-state index in [0.717, 1.165) is 16.8 Å². The van der Waals surface area contributed by atoms with Gasteiger partial charge in [-0.3, -0.25) is 4.79 Å². The Labute approximate surface area is 155 Å². The van der Waals surface area contributed by atoms with Crippen molar-refractivity contribution in [3.8, 4) is 17.7 Å². The summed E-state index contributed by atoms with van der Waals surface area (Å²) in [4.78, 5) is 15.5. The van der Waals surface area contributed by atoms with Gasteiger partial charge in [0, 0.05) is 18.1 Å². The minimum Gasteiger partial charge on any atom is -0.437 e. The van der Waals surface area contributed by atoms with Crippen LogP contribution in [0.15, 0.2) is 41.2 Å². The molecule has 3 aromatic rings. The predicted octanol–water partition coefficient (Wildman–Crippen LogP) is 3.69. The molecule has 1 N–H and O–H groups in total. The number of H-pyrrole nitrogens is 1. The second-order valence-electron chi connectivity index (χ2n) is 5.89. The Hall–Kier alpha value is -3.17. The largest absolute Gasteiger partial charge is 0.437 e. The minimum atomic E-state index is -0.201. The molecule has 0 aliphatic heterocycles. The van der Waals surface area contributed by atoms with Gasteiger partial charge in [-0.05, 0) is 49.2 Å². The molecule has 0 saturated heterocycles. The molecule has 7 heteroatoms. The first-order chi connectivity index (χ1) is 12.4. The first-order valence-corrected chi connectivity index (χ1v) is 8.22. The topological polar surface area (TPSA) is 91.7 Å². The number of aromatic nitrogens is 3. The molecule has 0 aliphatic carbocycles.